The van der Waals surface area contributed by atoms with Crippen LogP contribution in [0.4, 0.5) is 0 Å². The second kappa shape index (κ2) is 6.08. The fourth-order valence-electron chi connectivity index (χ4n) is 8.42. The molecule has 0 saturated heterocycles. The molecule has 0 spiro atoms. The maximum atomic E-state index is 12.4. The third-order valence-electron chi connectivity index (χ3n) is 9.78. The van der Waals surface area contributed by atoms with Crippen molar-refractivity contribution in [3.05, 3.63) is 0 Å². The number of carbonyl (C=O) groups excluding carboxylic acids is 1. The Hall–Kier alpha value is -0.370. The van der Waals surface area contributed by atoms with Gasteiger partial charge >= 0.3 is 0 Å². The van der Waals surface area contributed by atoms with Crippen molar-refractivity contribution in [2.45, 2.75) is 85.2 Å². The Kier molecular flexibility index (Phi) is 4.38. The summed E-state index contributed by atoms with van der Waals surface area (Å²) in [4.78, 5) is 12.4. The molecule has 142 valence electrons. The number of hydrogen-bond donors (Lipinski definition) is 0. The molecule has 9 atom stereocenters. The average Bonchev–Trinajstić information content (AvgIpc) is 2.93. The molecule has 0 bridgehead atoms. The predicted octanol–water partition coefficient (Wildman–Crippen LogP) is 5.50. The molecule has 4 aliphatic carbocycles. The lowest BCUT2D eigenvalue weighted by atomic mass is 9.43. The second-order valence-corrected chi connectivity index (χ2v) is 10.6. The molecular formula is C23H38O2. The lowest BCUT2D eigenvalue weighted by Crippen LogP contribution is -2.59. The van der Waals surface area contributed by atoms with E-state index in [-0.39, 0.29) is 17.4 Å². The van der Waals surface area contributed by atoms with Gasteiger partial charge in [0.25, 0.3) is 0 Å². The van der Waals surface area contributed by atoms with Gasteiger partial charge in [-0.15, -0.1) is 0 Å². The molecule has 2 heteroatoms. The highest BCUT2D eigenvalue weighted by molar-refractivity contribution is 5.79. The number of ketones is 1. The van der Waals surface area contributed by atoms with Crippen molar-refractivity contribution in [1.82, 2.24) is 0 Å². The maximum Gasteiger partial charge on any atom is 0.133 e. The summed E-state index contributed by atoms with van der Waals surface area (Å²) in [6.07, 6.45) is 10.9. The van der Waals surface area contributed by atoms with Gasteiger partial charge < -0.3 is 4.74 Å². The van der Waals surface area contributed by atoms with E-state index in [1.165, 1.54) is 44.9 Å². The van der Waals surface area contributed by atoms with Crippen LogP contribution in [0, 0.1) is 46.3 Å². The van der Waals surface area contributed by atoms with E-state index < -0.39 is 0 Å². The summed E-state index contributed by atoms with van der Waals surface area (Å²) in [7, 11) is 1.90. The number of rotatable bonds is 2. The summed E-state index contributed by atoms with van der Waals surface area (Å²) in [5.74, 6) is 4.79. The van der Waals surface area contributed by atoms with Crippen molar-refractivity contribution in [3.63, 3.8) is 0 Å². The highest BCUT2D eigenvalue weighted by Crippen LogP contribution is 2.68. The van der Waals surface area contributed by atoms with E-state index in [1.807, 2.05) is 14.0 Å². The average molecular weight is 347 g/mol. The zero-order chi connectivity index (χ0) is 18.0. The van der Waals surface area contributed by atoms with Crippen molar-refractivity contribution < 1.29 is 9.53 Å². The van der Waals surface area contributed by atoms with Crippen LogP contribution in [0.3, 0.4) is 0 Å². The standard InChI is InChI=1S/C23H38O2/c1-14-10-11-22(3)16(12-14)6-7-17-19-9-8-18(15(2)24)23(19,4)21(25-5)13-20(17)22/h14,16-21H,6-13H2,1-5H3/t14-,16-,17-,18+,19-,20-,21-,22-,23+/m0/s1. The van der Waals surface area contributed by atoms with Crippen LogP contribution in [0.15, 0.2) is 0 Å². The minimum atomic E-state index is 0.0763. The molecule has 0 aliphatic heterocycles. The first-order valence-electron chi connectivity index (χ1n) is 10.9. The lowest BCUT2D eigenvalue weighted by molar-refractivity contribution is -0.177. The van der Waals surface area contributed by atoms with Crippen molar-refractivity contribution in [3.8, 4) is 0 Å². The second-order valence-electron chi connectivity index (χ2n) is 10.6. The Balaban J connectivity index is 1.69. The van der Waals surface area contributed by atoms with Gasteiger partial charge in [0, 0.05) is 18.4 Å². The number of carbonyl (C=O) groups is 1. The van der Waals surface area contributed by atoms with Crippen molar-refractivity contribution in [1.29, 1.82) is 0 Å². The molecule has 0 aromatic rings. The Morgan fingerprint density at radius 3 is 2.44 bits per heavy atom. The highest BCUT2D eigenvalue weighted by Gasteiger charge is 2.64. The topological polar surface area (TPSA) is 26.3 Å². The molecule has 4 saturated carbocycles. The lowest BCUT2D eigenvalue weighted by Gasteiger charge is -2.62. The van der Waals surface area contributed by atoms with E-state index in [2.05, 4.69) is 20.8 Å². The van der Waals surface area contributed by atoms with Gasteiger partial charge in [-0.2, -0.15) is 0 Å². The summed E-state index contributed by atoms with van der Waals surface area (Å²) in [5.41, 5.74) is 0.592. The van der Waals surface area contributed by atoms with E-state index in [4.69, 9.17) is 4.74 Å². The Labute approximate surface area is 154 Å². The summed E-state index contributed by atoms with van der Waals surface area (Å²) in [6, 6.07) is 0. The van der Waals surface area contributed by atoms with Crippen LogP contribution in [0.2, 0.25) is 0 Å². The minimum Gasteiger partial charge on any atom is -0.381 e. The summed E-state index contributed by atoms with van der Waals surface area (Å²) < 4.78 is 6.13. The van der Waals surface area contributed by atoms with Crippen LogP contribution in [0.5, 0.6) is 0 Å². The van der Waals surface area contributed by atoms with Gasteiger partial charge in [-0.25, -0.2) is 0 Å². The van der Waals surface area contributed by atoms with Gasteiger partial charge in [-0.1, -0.05) is 27.2 Å². The molecule has 0 aromatic heterocycles. The Morgan fingerprint density at radius 1 is 1.00 bits per heavy atom. The smallest absolute Gasteiger partial charge is 0.133 e. The fourth-order valence-corrected chi connectivity index (χ4v) is 8.42. The quantitative estimate of drug-likeness (QED) is 0.660. The third kappa shape index (κ3) is 2.42. The highest BCUT2D eigenvalue weighted by atomic mass is 16.5. The van der Waals surface area contributed by atoms with Crippen LogP contribution in [-0.2, 0) is 9.53 Å². The van der Waals surface area contributed by atoms with E-state index in [0.29, 0.717) is 17.1 Å². The van der Waals surface area contributed by atoms with E-state index >= 15 is 0 Å². The van der Waals surface area contributed by atoms with Crippen LogP contribution >= 0.6 is 0 Å². The summed E-state index contributed by atoms with van der Waals surface area (Å²) in [5, 5.41) is 0. The van der Waals surface area contributed by atoms with Crippen LogP contribution in [0.1, 0.15) is 79.1 Å². The molecule has 0 amide bonds. The number of methoxy groups -OCH3 is 1. The largest absolute Gasteiger partial charge is 0.381 e. The number of Topliss-reactive ketones (excluding diaryl/α,β-unsaturated/α-hetero) is 1. The molecule has 0 radical (unpaired) electrons. The van der Waals surface area contributed by atoms with Crippen LogP contribution in [-0.4, -0.2) is 19.0 Å². The van der Waals surface area contributed by atoms with Gasteiger partial charge in [0.2, 0.25) is 0 Å². The van der Waals surface area contributed by atoms with Gasteiger partial charge in [0.05, 0.1) is 6.10 Å². The molecule has 0 heterocycles. The van der Waals surface area contributed by atoms with Gasteiger partial charge in [0.15, 0.2) is 0 Å². The molecule has 4 rings (SSSR count). The zero-order valence-corrected chi connectivity index (χ0v) is 17.0. The fraction of sp³-hybridized carbons (Fsp3) is 0.957. The van der Waals surface area contributed by atoms with Gasteiger partial charge in [-0.05, 0) is 86.9 Å². The van der Waals surface area contributed by atoms with E-state index in [9.17, 15) is 4.79 Å². The molecule has 0 aromatic carbocycles. The molecule has 2 nitrogen and oxygen atoms in total. The van der Waals surface area contributed by atoms with Crippen LogP contribution in [0.25, 0.3) is 0 Å². The number of ether oxygens (including phenoxy) is 1. The summed E-state index contributed by atoms with van der Waals surface area (Å²) in [6.45, 7) is 9.29. The number of fused-ring (bicyclic) bond motifs is 5. The molecule has 4 aliphatic rings. The van der Waals surface area contributed by atoms with E-state index in [1.54, 1.807) is 0 Å². The minimum absolute atomic E-state index is 0.0763. The maximum absolute atomic E-state index is 12.4. The molecule has 0 N–H and O–H groups in total. The van der Waals surface area contributed by atoms with Gasteiger partial charge in [-0.3, -0.25) is 4.79 Å². The third-order valence-corrected chi connectivity index (χ3v) is 9.78. The molecule has 0 unspecified atom stereocenters. The monoisotopic (exact) mass is 346 g/mol. The first kappa shape index (κ1) is 18.0. The zero-order valence-electron chi connectivity index (χ0n) is 17.0. The Bertz CT molecular complexity index is 542. The van der Waals surface area contributed by atoms with Crippen molar-refractivity contribution >= 4 is 5.78 Å². The van der Waals surface area contributed by atoms with Crippen molar-refractivity contribution in [2.24, 2.45) is 46.3 Å². The summed E-state index contributed by atoms with van der Waals surface area (Å²) >= 11 is 0. The van der Waals surface area contributed by atoms with Crippen LogP contribution < -0.4 is 0 Å². The molecule has 25 heavy (non-hydrogen) atoms. The first-order chi connectivity index (χ1) is 11.8. The predicted molar refractivity (Wildman–Crippen MR) is 101 cm³/mol. The Morgan fingerprint density at radius 2 is 1.76 bits per heavy atom. The molecular weight excluding hydrogens is 308 g/mol. The van der Waals surface area contributed by atoms with E-state index in [0.717, 1.165) is 30.1 Å². The molecule has 4 fully saturated rings. The SMILES string of the molecule is CO[C@H]1C[C@H]2[C@@H](CC[C@H]3C[C@@H](C)CC[C@@]32C)[C@@H]2CC[C@H](C(C)=O)[C@@]12C. The first-order valence-corrected chi connectivity index (χ1v) is 10.9. The van der Waals surface area contributed by atoms with Crippen molar-refractivity contribution in [2.75, 3.05) is 7.11 Å². The normalized spacial score (nSPS) is 55.2. The number of hydrogen-bond acceptors (Lipinski definition) is 2. The van der Waals surface area contributed by atoms with Gasteiger partial charge in [0.1, 0.15) is 5.78 Å².